The molecule has 0 saturated carbocycles. The molecule has 0 heterocycles. The van der Waals surface area contributed by atoms with Crippen LogP contribution >= 0.6 is 0 Å². The first-order valence-electron chi connectivity index (χ1n) is 5.43. The first-order chi connectivity index (χ1) is 8.31. The van der Waals surface area contributed by atoms with Gasteiger partial charge in [0.15, 0.2) is 0 Å². The Morgan fingerprint density at radius 3 is 2.24 bits per heavy atom. The minimum atomic E-state index is 0.504. The van der Waals surface area contributed by atoms with Gasteiger partial charge in [0.1, 0.15) is 11.5 Å². The molecule has 3 heteroatoms. The third-order valence-electron chi connectivity index (χ3n) is 2.76. The molecule has 0 radical (unpaired) electrons. The normalized spacial score (nSPS) is 10.5. The number of fused-ring (bicyclic) bond motifs is 1. The molecule has 0 spiro atoms. The van der Waals surface area contributed by atoms with Crippen molar-refractivity contribution in [3.63, 3.8) is 0 Å². The van der Waals surface area contributed by atoms with Gasteiger partial charge in [0.05, 0.1) is 20.8 Å². The molecule has 90 valence electrons. The summed E-state index contributed by atoms with van der Waals surface area (Å²) in [5.41, 5.74) is 0.991. The van der Waals surface area contributed by atoms with E-state index < -0.39 is 0 Å². The van der Waals surface area contributed by atoms with Crippen molar-refractivity contribution in [2.75, 3.05) is 21.3 Å². The maximum Gasteiger partial charge on any atom is 0.132 e. The third-order valence-corrected chi connectivity index (χ3v) is 2.76. The van der Waals surface area contributed by atoms with E-state index >= 15 is 0 Å². The molecule has 2 aromatic carbocycles. The molecule has 0 aliphatic heterocycles. The Morgan fingerprint density at radius 2 is 1.65 bits per heavy atom. The second-order valence-corrected chi connectivity index (χ2v) is 3.75. The largest absolute Gasteiger partial charge is 0.496 e. The molecular weight excluding hydrogens is 216 g/mol. The topological polar surface area (TPSA) is 27.7 Å². The lowest BCUT2D eigenvalue weighted by Crippen LogP contribution is -1.97. The summed E-state index contributed by atoms with van der Waals surface area (Å²) in [6, 6.07) is 9.98. The fourth-order valence-electron chi connectivity index (χ4n) is 2.04. The van der Waals surface area contributed by atoms with Gasteiger partial charge in [-0.1, -0.05) is 24.3 Å². The third kappa shape index (κ3) is 2.06. The average Bonchev–Trinajstić information content (AvgIpc) is 2.38. The van der Waals surface area contributed by atoms with Crippen LogP contribution in [0.5, 0.6) is 11.5 Å². The van der Waals surface area contributed by atoms with Gasteiger partial charge in [-0.05, 0) is 6.07 Å². The van der Waals surface area contributed by atoms with E-state index in [2.05, 4.69) is 0 Å². The van der Waals surface area contributed by atoms with Gasteiger partial charge in [0.25, 0.3) is 0 Å². The van der Waals surface area contributed by atoms with E-state index in [-0.39, 0.29) is 0 Å². The van der Waals surface area contributed by atoms with Crippen molar-refractivity contribution in [2.24, 2.45) is 0 Å². The molecule has 0 amide bonds. The number of hydrogen-bond acceptors (Lipinski definition) is 3. The van der Waals surface area contributed by atoms with Crippen LogP contribution in [0.25, 0.3) is 10.8 Å². The van der Waals surface area contributed by atoms with E-state index in [1.165, 1.54) is 0 Å². The number of ether oxygens (including phenoxy) is 3. The monoisotopic (exact) mass is 232 g/mol. The zero-order valence-electron chi connectivity index (χ0n) is 10.3. The van der Waals surface area contributed by atoms with E-state index in [0.717, 1.165) is 27.8 Å². The van der Waals surface area contributed by atoms with Crippen molar-refractivity contribution in [1.29, 1.82) is 0 Å². The van der Waals surface area contributed by atoms with E-state index in [1.807, 2.05) is 30.3 Å². The molecule has 0 saturated heterocycles. The number of hydrogen-bond donors (Lipinski definition) is 0. The SMILES string of the molecule is COCc1cc(OC)c2ccccc2c1OC. The van der Waals surface area contributed by atoms with Crippen molar-refractivity contribution >= 4 is 10.8 Å². The maximum absolute atomic E-state index is 5.48. The second-order valence-electron chi connectivity index (χ2n) is 3.75. The summed E-state index contributed by atoms with van der Waals surface area (Å²) in [5, 5.41) is 2.09. The highest BCUT2D eigenvalue weighted by Crippen LogP contribution is 2.36. The van der Waals surface area contributed by atoms with Crippen molar-refractivity contribution in [3.8, 4) is 11.5 Å². The highest BCUT2D eigenvalue weighted by atomic mass is 16.5. The molecule has 0 aromatic heterocycles. The van der Waals surface area contributed by atoms with Crippen LogP contribution in [0.1, 0.15) is 5.56 Å². The van der Waals surface area contributed by atoms with Gasteiger partial charge in [-0.2, -0.15) is 0 Å². The molecule has 0 atom stereocenters. The molecular formula is C14H16O3. The number of benzene rings is 2. The first kappa shape index (κ1) is 11.7. The number of rotatable bonds is 4. The Hall–Kier alpha value is -1.74. The lowest BCUT2D eigenvalue weighted by Gasteiger charge is -2.14. The Labute approximate surface area is 101 Å². The van der Waals surface area contributed by atoms with Crippen LogP contribution in [-0.2, 0) is 11.3 Å². The summed E-state index contributed by atoms with van der Waals surface area (Å²) in [7, 11) is 5.01. The van der Waals surface area contributed by atoms with Crippen LogP contribution in [0.4, 0.5) is 0 Å². The molecule has 3 nitrogen and oxygen atoms in total. The summed E-state index contributed by atoms with van der Waals surface area (Å²) in [4.78, 5) is 0. The Kier molecular flexibility index (Phi) is 3.49. The van der Waals surface area contributed by atoms with Gasteiger partial charge < -0.3 is 14.2 Å². The molecule has 0 fully saturated rings. The van der Waals surface area contributed by atoms with E-state index in [1.54, 1.807) is 21.3 Å². The van der Waals surface area contributed by atoms with Crippen molar-refractivity contribution in [1.82, 2.24) is 0 Å². The van der Waals surface area contributed by atoms with Gasteiger partial charge in [0.2, 0.25) is 0 Å². The predicted octanol–water partition coefficient (Wildman–Crippen LogP) is 3.00. The van der Waals surface area contributed by atoms with Crippen LogP contribution in [-0.4, -0.2) is 21.3 Å². The summed E-state index contributed by atoms with van der Waals surface area (Å²) >= 11 is 0. The van der Waals surface area contributed by atoms with Crippen LogP contribution in [0.15, 0.2) is 30.3 Å². The summed E-state index contributed by atoms with van der Waals surface area (Å²) in [6.45, 7) is 0.504. The second kappa shape index (κ2) is 5.06. The summed E-state index contributed by atoms with van der Waals surface area (Å²) in [6.07, 6.45) is 0. The fourth-order valence-corrected chi connectivity index (χ4v) is 2.04. The van der Waals surface area contributed by atoms with E-state index in [0.29, 0.717) is 6.61 Å². The highest BCUT2D eigenvalue weighted by molar-refractivity contribution is 5.94. The Bertz CT molecular complexity index is 520. The summed E-state index contributed by atoms with van der Waals surface area (Å²) < 4.78 is 16.1. The molecule has 17 heavy (non-hydrogen) atoms. The Morgan fingerprint density at radius 1 is 0.941 bits per heavy atom. The molecule has 0 aliphatic rings. The van der Waals surface area contributed by atoms with Gasteiger partial charge in [-0.15, -0.1) is 0 Å². The van der Waals surface area contributed by atoms with E-state index in [4.69, 9.17) is 14.2 Å². The summed E-state index contributed by atoms with van der Waals surface area (Å²) in [5.74, 6) is 1.69. The minimum Gasteiger partial charge on any atom is -0.496 e. The molecule has 0 unspecified atom stereocenters. The van der Waals surface area contributed by atoms with Crippen LogP contribution in [0.3, 0.4) is 0 Å². The predicted molar refractivity (Wildman–Crippen MR) is 67.8 cm³/mol. The van der Waals surface area contributed by atoms with Crippen LogP contribution in [0.2, 0.25) is 0 Å². The molecule has 0 aliphatic carbocycles. The van der Waals surface area contributed by atoms with Crippen molar-refractivity contribution < 1.29 is 14.2 Å². The number of methoxy groups -OCH3 is 3. The lowest BCUT2D eigenvalue weighted by atomic mass is 10.0. The smallest absolute Gasteiger partial charge is 0.132 e. The standard InChI is InChI=1S/C14H16O3/c1-15-9-10-8-13(16-2)11-6-4-5-7-12(11)14(10)17-3/h4-8H,9H2,1-3H3. The molecule has 0 bridgehead atoms. The van der Waals surface area contributed by atoms with Gasteiger partial charge in [0, 0.05) is 23.4 Å². The fraction of sp³-hybridized carbons (Fsp3) is 0.286. The molecule has 2 aromatic rings. The minimum absolute atomic E-state index is 0.504. The lowest BCUT2D eigenvalue weighted by molar-refractivity contribution is 0.181. The van der Waals surface area contributed by atoms with Crippen LogP contribution in [0, 0.1) is 0 Å². The average molecular weight is 232 g/mol. The van der Waals surface area contributed by atoms with Crippen molar-refractivity contribution in [3.05, 3.63) is 35.9 Å². The molecule has 0 N–H and O–H groups in total. The molecule has 2 rings (SSSR count). The quantitative estimate of drug-likeness (QED) is 0.811. The van der Waals surface area contributed by atoms with Crippen LogP contribution < -0.4 is 9.47 Å². The zero-order valence-corrected chi connectivity index (χ0v) is 10.3. The van der Waals surface area contributed by atoms with Gasteiger partial charge in [-0.25, -0.2) is 0 Å². The van der Waals surface area contributed by atoms with Crippen molar-refractivity contribution in [2.45, 2.75) is 6.61 Å². The van der Waals surface area contributed by atoms with Gasteiger partial charge >= 0.3 is 0 Å². The van der Waals surface area contributed by atoms with Gasteiger partial charge in [-0.3, -0.25) is 0 Å². The van der Waals surface area contributed by atoms with E-state index in [9.17, 15) is 0 Å². The Balaban J connectivity index is 2.74. The highest BCUT2D eigenvalue weighted by Gasteiger charge is 2.12. The maximum atomic E-state index is 5.48. The first-order valence-corrected chi connectivity index (χ1v) is 5.43. The zero-order chi connectivity index (χ0) is 12.3.